The minimum absolute atomic E-state index is 0.215. The Morgan fingerprint density at radius 2 is 2.06 bits per heavy atom. The van der Waals surface area contributed by atoms with Crippen LogP contribution in [0.2, 0.25) is 0 Å². The largest absolute Gasteiger partial charge is 0.490 e. The van der Waals surface area contributed by atoms with E-state index in [-0.39, 0.29) is 12.4 Å². The Labute approximate surface area is 99.1 Å². The van der Waals surface area contributed by atoms with Crippen LogP contribution in [0.25, 0.3) is 0 Å². The molecule has 1 unspecified atom stereocenters. The van der Waals surface area contributed by atoms with Crippen LogP contribution in [-0.4, -0.2) is 11.6 Å². The van der Waals surface area contributed by atoms with Crippen LogP contribution in [0.4, 0.5) is 4.39 Å². The van der Waals surface area contributed by atoms with Crippen LogP contribution in [0.3, 0.4) is 0 Å². The summed E-state index contributed by atoms with van der Waals surface area (Å²) in [6.07, 6.45) is 3.25. The summed E-state index contributed by atoms with van der Waals surface area (Å²) in [6.45, 7) is 0.215. The molecule has 1 heterocycles. The highest BCUT2D eigenvalue weighted by Crippen LogP contribution is 2.16. The van der Waals surface area contributed by atoms with E-state index < -0.39 is 6.04 Å². The van der Waals surface area contributed by atoms with Crippen LogP contribution < -0.4 is 10.5 Å². The molecule has 0 amide bonds. The Bertz CT molecular complexity index is 476. The van der Waals surface area contributed by atoms with Crippen molar-refractivity contribution < 1.29 is 9.13 Å². The highest BCUT2D eigenvalue weighted by Gasteiger charge is 2.11. The summed E-state index contributed by atoms with van der Waals surface area (Å²) in [6, 6.07) is 9.49. The highest BCUT2D eigenvalue weighted by atomic mass is 19.1. The average molecular weight is 232 g/mol. The Kier molecular flexibility index (Phi) is 3.67. The molecular formula is C13H13FN2O. The number of halogens is 1. The molecule has 0 fully saturated rings. The van der Waals surface area contributed by atoms with Gasteiger partial charge in [0.15, 0.2) is 0 Å². The summed E-state index contributed by atoms with van der Waals surface area (Å²) >= 11 is 0. The first-order valence-corrected chi connectivity index (χ1v) is 5.30. The van der Waals surface area contributed by atoms with Crippen LogP contribution >= 0.6 is 0 Å². The van der Waals surface area contributed by atoms with Crippen molar-refractivity contribution in [3.8, 4) is 5.75 Å². The molecule has 2 N–H and O–H groups in total. The molecule has 0 aliphatic heterocycles. The molecule has 1 atom stereocenters. The summed E-state index contributed by atoms with van der Waals surface area (Å²) in [5.41, 5.74) is 6.31. The van der Waals surface area contributed by atoms with Crippen molar-refractivity contribution in [2.75, 3.05) is 6.61 Å². The number of nitrogens with zero attached hydrogens (tertiary/aromatic N) is 1. The fourth-order valence-corrected chi connectivity index (χ4v) is 1.48. The van der Waals surface area contributed by atoms with Crippen molar-refractivity contribution in [3.63, 3.8) is 0 Å². The zero-order valence-corrected chi connectivity index (χ0v) is 9.21. The van der Waals surface area contributed by atoms with Gasteiger partial charge in [0, 0.05) is 11.8 Å². The number of benzene rings is 1. The average Bonchev–Trinajstić information content (AvgIpc) is 2.38. The first kappa shape index (κ1) is 11.5. The van der Waals surface area contributed by atoms with Gasteiger partial charge in [0.05, 0.1) is 12.2 Å². The quantitative estimate of drug-likeness (QED) is 0.879. The van der Waals surface area contributed by atoms with Crippen molar-refractivity contribution in [1.82, 2.24) is 4.98 Å². The zero-order chi connectivity index (χ0) is 12.1. The molecule has 0 aliphatic carbocycles. The Morgan fingerprint density at radius 1 is 1.24 bits per heavy atom. The van der Waals surface area contributed by atoms with Crippen molar-refractivity contribution >= 4 is 0 Å². The SMILES string of the molecule is NC(COc1cccnc1)c1ccccc1F. The summed E-state index contributed by atoms with van der Waals surface area (Å²) in [5, 5.41) is 0. The van der Waals surface area contributed by atoms with E-state index in [0.717, 1.165) is 0 Å². The summed E-state index contributed by atoms with van der Waals surface area (Å²) in [4.78, 5) is 3.91. The molecule has 0 radical (unpaired) electrons. The normalized spacial score (nSPS) is 12.1. The molecule has 17 heavy (non-hydrogen) atoms. The lowest BCUT2D eigenvalue weighted by Gasteiger charge is -2.13. The van der Waals surface area contributed by atoms with Crippen LogP contribution in [0.5, 0.6) is 5.75 Å². The van der Waals surface area contributed by atoms with E-state index in [1.807, 2.05) is 0 Å². The van der Waals surface area contributed by atoms with Crippen molar-refractivity contribution in [1.29, 1.82) is 0 Å². The molecule has 0 bridgehead atoms. The first-order valence-electron chi connectivity index (χ1n) is 5.30. The second-order valence-electron chi connectivity index (χ2n) is 3.63. The van der Waals surface area contributed by atoms with Crippen molar-refractivity contribution in [2.45, 2.75) is 6.04 Å². The molecular weight excluding hydrogens is 219 g/mol. The molecule has 3 nitrogen and oxygen atoms in total. The molecule has 2 rings (SSSR count). The van der Waals surface area contributed by atoms with Crippen LogP contribution in [0.1, 0.15) is 11.6 Å². The maximum Gasteiger partial charge on any atom is 0.137 e. The van der Waals surface area contributed by atoms with Gasteiger partial charge < -0.3 is 10.5 Å². The van der Waals surface area contributed by atoms with E-state index in [1.54, 1.807) is 42.7 Å². The number of ether oxygens (including phenoxy) is 1. The smallest absolute Gasteiger partial charge is 0.137 e. The summed E-state index contributed by atoms with van der Waals surface area (Å²) < 4.78 is 18.8. The number of pyridine rings is 1. The van der Waals surface area contributed by atoms with Crippen molar-refractivity contribution in [2.24, 2.45) is 5.73 Å². The molecule has 0 saturated heterocycles. The number of aromatic nitrogens is 1. The lowest BCUT2D eigenvalue weighted by molar-refractivity contribution is 0.287. The van der Waals surface area contributed by atoms with Gasteiger partial charge in [-0.25, -0.2) is 4.39 Å². The Balaban J connectivity index is 1.99. The zero-order valence-electron chi connectivity index (χ0n) is 9.21. The Hall–Kier alpha value is -1.94. The lowest BCUT2D eigenvalue weighted by Crippen LogP contribution is -2.20. The van der Waals surface area contributed by atoms with Gasteiger partial charge in [-0.3, -0.25) is 4.98 Å². The van der Waals surface area contributed by atoms with Gasteiger partial charge in [-0.15, -0.1) is 0 Å². The maximum atomic E-state index is 13.4. The molecule has 1 aromatic heterocycles. The van der Waals surface area contributed by atoms with Crippen molar-refractivity contribution in [3.05, 3.63) is 60.2 Å². The van der Waals surface area contributed by atoms with Gasteiger partial charge in [0.25, 0.3) is 0 Å². The topological polar surface area (TPSA) is 48.1 Å². The third kappa shape index (κ3) is 3.01. The second kappa shape index (κ2) is 5.41. The number of rotatable bonds is 4. The van der Waals surface area contributed by atoms with Crippen LogP contribution in [0.15, 0.2) is 48.8 Å². The molecule has 4 heteroatoms. The summed E-state index contributed by atoms with van der Waals surface area (Å²) in [5.74, 6) is 0.314. The van der Waals surface area contributed by atoms with Crippen LogP contribution in [0, 0.1) is 5.82 Å². The monoisotopic (exact) mass is 232 g/mol. The third-order valence-corrected chi connectivity index (χ3v) is 2.37. The number of hydrogen-bond acceptors (Lipinski definition) is 3. The molecule has 88 valence electrons. The van der Waals surface area contributed by atoms with Gasteiger partial charge >= 0.3 is 0 Å². The lowest BCUT2D eigenvalue weighted by atomic mass is 10.1. The maximum absolute atomic E-state index is 13.4. The van der Waals surface area contributed by atoms with E-state index in [0.29, 0.717) is 11.3 Å². The second-order valence-corrected chi connectivity index (χ2v) is 3.63. The minimum Gasteiger partial charge on any atom is -0.490 e. The first-order chi connectivity index (χ1) is 8.27. The van der Waals surface area contributed by atoms with E-state index in [2.05, 4.69) is 4.98 Å². The molecule has 2 aromatic rings. The van der Waals surface area contributed by atoms with E-state index in [9.17, 15) is 4.39 Å². The van der Waals surface area contributed by atoms with Gasteiger partial charge in [0.1, 0.15) is 18.2 Å². The molecule has 1 aromatic carbocycles. The predicted molar refractivity (Wildman–Crippen MR) is 63.1 cm³/mol. The van der Waals surface area contributed by atoms with Gasteiger partial charge in [-0.1, -0.05) is 18.2 Å². The van der Waals surface area contributed by atoms with E-state index in [4.69, 9.17) is 10.5 Å². The van der Waals surface area contributed by atoms with Gasteiger partial charge in [0.2, 0.25) is 0 Å². The van der Waals surface area contributed by atoms with Gasteiger partial charge in [-0.05, 0) is 18.2 Å². The predicted octanol–water partition coefficient (Wildman–Crippen LogP) is 2.30. The number of hydrogen-bond donors (Lipinski definition) is 1. The van der Waals surface area contributed by atoms with Crippen LogP contribution in [-0.2, 0) is 0 Å². The Morgan fingerprint density at radius 3 is 2.76 bits per heavy atom. The highest BCUT2D eigenvalue weighted by molar-refractivity contribution is 5.21. The fraction of sp³-hybridized carbons (Fsp3) is 0.154. The van der Waals surface area contributed by atoms with E-state index in [1.165, 1.54) is 6.07 Å². The van der Waals surface area contributed by atoms with E-state index >= 15 is 0 Å². The standard InChI is InChI=1S/C13H13FN2O/c14-12-6-2-1-5-11(12)13(15)9-17-10-4-3-7-16-8-10/h1-8,13H,9,15H2. The molecule has 0 spiro atoms. The molecule has 0 aliphatic rings. The molecule has 0 saturated carbocycles. The fourth-order valence-electron chi connectivity index (χ4n) is 1.48. The minimum atomic E-state index is -0.489. The summed E-state index contributed by atoms with van der Waals surface area (Å²) in [7, 11) is 0. The number of nitrogens with two attached hydrogens (primary N) is 1. The van der Waals surface area contributed by atoms with Gasteiger partial charge in [-0.2, -0.15) is 0 Å². The third-order valence-electron chi connectivity index (χ3n) is 2.37.